The maximum atomic E-state index is 13.1. The van der Waals surface area contributed by atoms with Gasteiger partial charge in [-0.05, 0) is 26.0 Å². The molecule has 0 aliphatic carbocycles. The van der Waals surface area contributed by atoms with Crippen LogP contribution in [0.2, 0.25) is 5.02 Å². The lowest BCUT2D eigenvalue weighted by molar-refractivity contribution is -0.143. The van der Waals surface area contributed by atoms with Crippen molar-refractivity contribution >= 4 is 23.2 Å². The molecule has 0 aliphatic rings. The zero-order chi connectivity index (χ0) is 23.2. The summed E-state index contributed by atoms with van der Waals surface area (Å²) in [6.07, 6.45) is -15.6. The van der Waals surface area contributed by atoms with Gasteiger partial charge in [0.05, 0.1) is 21.8 Å². The van der Waals surface area contributed by atoms with Gasteiger partial charge in [-0.1, -0.05) is 11.6 Å². The Labute approximate surface area is 167 Å². The Morgan fingerprint density at radius 3 is 1.93 bits per heavy atom. The van der Waals surface area contributed by atoms with Crippen molar-refractivity contribution in [2.24, 2.45) is 0 Å². The first-order valence-electron chi connectivity index (χ1n) is 7.88. The van der Waals surface area contributed by atoms with Crippen molar-refractivity contribution in [3.05, 3.63) is 50.4 Å². The van der Waals surface area contributed by atoms with E-state index in [1.54, 1.807) is 0 Å². The number of aromatic nitrogens is 2. The quantitative estimate of drug-likeness (QED) is 0.541. The molecule has 0 saturated carbocycles. The predicted octanol–water partition coefficient (Wildman–Crippen LogP) is 6.28. The number of nitrogens with zero attached hydrogens (tertiary/aromatic N) is 2. The average Bonchev–Trinajstić information content (AvgIpc) is 2.52. The van der Waals surface area contributed by atoms with Crippen LogP contribution >= 0.6 is 11.6 Å². The van der Waals surface area contributed by atoms with Crippen LogP contribution in [0.4, 0.5) is 51.1 Å². The highest BCUT2D eigenvalue weighted by atomic mass is 35.5. The van der Waals surface area contributed by atoms with E-state index in [1.165, 1.54) is 13.8 Å². The van der Waals surface area contributed by atoms with Gasteiger partial charge in [0.2, 0.25) is 5.95 Å². The molecule has 0 spiro atoms. The molecule has 0 aliphatic heterocycles. The molecule has 2 aromatic rings. The first-order valence-corrected chi connectivity index (χ1v) is 8.26. The van der Waals surface area contributed by atoms with E-state index >= 15 is 0 Å². The molecule has 30 heavy (non-hydrogen) atoms. The molecule has 1 N–H and O–H groups in total. The standard InChI is InChI=1S/C16H11ClF9N3O/c1-6(2)29-11(30)5-10(16(24,25)26)28-13(29)27-9-4-7(14(18,19)20)3-8(12(9)17)15(21,22)23/h3-6H,1-2H3,(H,27,28). The summed E-state index contributed by atoms with van der Waals surface area (Å²) in [4.78, 5) is 15.2. The summed E-state index contributed by atoms with van der Waals surface area (Å²) in [7, 11) is 0. The molecule has 1 aromatic carbocycles. The minimum absolute atomic E-state index is 0.153. The summed E-state index contributed by atoms with van der Waals surface area (Å²) in [5.41, 5.74) is -7.57. The third kappa shape index (κ3) is 4.99. The lowest BCUT2D eigenvalue weighted by Gasteiger charge is -2.21. The van der Waals surface area contributed by atoms with Gasteiger partial charge in [0, 0.05) is 12.1 Å². The molecule has 2 rings (SSSR count). The van der Waals surface area contributed by atoms with Crippen LogP contribution in [0.5, 0.6) is 0 Å². The van der Waals surface area contributed by atoms with Crippen molar-refractivity contribution in [3.63, 3.8) is 0 Å². The zero-order valence-corrected chi connectivity index (χ0v) is 15.6. The zero-order valence-electron chi connectivity index (χ0n) is 14.9. The van der Waals surface area contributed by atoms with E-state index in [-0.39, 0.29) is 18.2 Å². The molecule has 0 atom stereocenters. The number of benzene rings is 1. The monoisotopic (exact) mass is 467 g/mol. The number of alkyl halides is 9. The summed E-state index contributed by atoms with van der Waals surface area (Å²) in [5, 5.41) is 0.682. The molecule has 0 saturated heterocycles. The normalized spacial score (nSPS) is 13.1. The lowest BCUT2D eigenvalue weighted by Crippen LogP contribution is -2.28. The number of halogens is 10. The van der Waals surface area contributed by atoms with Crippen molar-refractivity contribution in [3.8, 4) is 0 Å². The lowest BCUT2D eigenvalue weighted by atomic mass is 10.1. The summed E-state index contributed by atoms with van der Waals surface area (Å²) in [6.45, 7) is 2.69. The third-order valence-electron chi connectivity index (χ3n) is 3.71. The molecule has 1 aromatic heterocycles. The SMILES string of the molecule is CC(C)n1c(Nc2cc(C(F)(F)F)cc(C(F)(F)F)c2Cl)nc(C(F)(F)F)cc1=O. The Bertz CT molecular complexity index is 1010. The van der Waals surface area contributed by atoms with E-state index in [9.17, 15) is 44.3 Å². The van der Waals surface area contributed by atoms with Gasteiger partial charge in [-0.15, -0.1) is 0 Å². The summed E-state index contributed by atoms with van der Waals surface area (Å²) in [5.74, 6) is -0.931. The van der Waals surface area contributed by atoms with E-state index in [0.29, 0.717) is 4.57 Å². The van der Waals surface area contributed by atoms with Gasteiger partial charge in [0.25, 0.3) is 5.56 Å². The smallest absolute Gasteiger partial charge is 0.324 e. The second-order valence-electron chi connectivity index (χ2n) is 6.27. The maximum absolute atomic E-state index is 13.1. The first-order chi connectivity index (χ1) is 13.4. The maximum Gasteiger partial charge on any atom is 0.433 e. The second-order valence-corrected chi connectivity index (χ2v) is 6.65. The summed E-state index contributed by atoms with van der Waals surface area (Å²) < 4.78 is 118. The molecule has 14 heteroatoms. The number of nitrogens with one attached hydrogen (secondary N) is 1. The van der Waals surface area contributed by atoms with Crippen molar-refractivity contribution in [1.82, 2.24) is 9.55 Å². The van der Waals surface area contributed by atoms with Crippen LogP contribution in [0.25, 0.3) is 0 Å². The average molecular weight is 468 g/mol. The van der Waals surface area contributed by atoms with Gasteiger partial charge in [-0.2, -0.15) is 39.5 Å². The minimum atomic E-state index is -5.30. The van der Waals surface area contributed by atoms with Crippen LogP contribution in [-0.4, -0.2) is 9.55 Å². The molecule has 0 bridgehead atoms. The van der Waals surface area contributed by atoms with Crippen molar-refractivity contribution in [1.29, 1.82) is 0 Å². The number of hydrogen-bond donors (Lipinski definition) is 1. The predicted molar refractivity (Wildman–Crippen MR) is 88.6 cm³/mol. The number of hydrogen-bond acceptors (Lipinski definition) is 3. The molecular weight excluding hydrogens is 457 g/mol. The topological polar surface area (TPSA) is 46.9 Å². The fourth-order valence-electron chi connectivity index (χ4n) is 2.43. The van der Waals surface area contributed by atoms with Crippen molar-refractivity contribution in [2.45, 2.75) is 38.4 Å². The molecule has 1 heterocycles. The van der Waals surface area contributed by atoms with E-state index in [1.807, 2.05) is 5.32 Å². The Morgan fingerprint density at radius 1 is 0.933 bits per heavy atom. The van der Waals surface area contributed by atoms with Gasteiger partial charge >= 0.3 is 18.5 Å². The van der Waals surface area contributed by atoms with Crippen LogP contribution in [0, 0.1) is 0 Å². The van der Waals surface area contributed by atoms with Gasteiger partial charge in [0.15, 0.2) is 5.69 Å². The fraction of sp³-hybridized carbons (Fsp3) is 0.375. The van der Waals surface area contributed by atoms with Crippen molar-refractivity contribution in [2.75, 3.05) is 5.32 Å². The fourth-order valence-corrected chi connectivity index (χ4v) is 2.69. The molecule has 0 radical (unpaired) electrons. The van der Waals surface area contributed by atoms with E-state index in [2.05, 4.69) is 4.98 Å². The van der Waals surface area contributed by atoms with Gasteiger partial charge in [-0.3, -0.25) is 9.36 Å². The van der Waals surface area contributed by atoms with Crippen molar-refractivity contribution < 1.29 is 39.5 Å². The highest BCUT2D eigenvalue weighted by Gasteiger charge is 2.40. The third-order valence-corrected chi connectivity index (χ3v) is 4.12. The Hall–Kier alpha value is -2.44. The number of rotatable bonds is 3. The highest BCUT2D eigenvalue weighted by Crippen LogP contribution is 2.43. The van der Waals surface area contributed by atoms with E-state index in [4.69, 9.17) is 11.6 Å². The Kier molecular flexibility index (Phi) is 6.09. The van der Waals surface area contributed by atoms with Crippen LogP contribution in [0.15, 0.2) is 23.0 Å². The van der Waals surface area contributed by atoms with Crippen LogP contribution in [0.1, 0.15) is 36.7 Å². The Balaban J connectivity index is 2.78. The van der Waals surface area contributed by atoms with E-state index in [0.717, 1.165) is 0 Å². The largest absolute Gasteiger partial charge is 0.433 e. The first kappa shape index (κ1) is 23.8. The summed E-state index contributed by atoms with van der Waals surface area (Å²) >= 11 is 5.58. The van der Waals surface area contributed by atoms with Crippen LogP contribution < -0.4 is 10.9 Å². The van der Waals surface area contributed by atoms with Gasteiger partial charge < -0.3 is 5.32 Å². The molecular formula is C16H11ClF9N3O. The minimum Gasteiger partial charge on any atom is -0.324 e. The van der Waals surface area contributed by atoms with Crippen LogP contribution in [0.3, 0.4) is 0 Å². The van der Waals surface area contributed by atoms with Gasteiger partial charge in [0.1, 0.15) is 0 Å². The van der Waals surface area contributed by atoms with Crippen LogP contribution in [-0.2, 0) is 18.5 Å². The molecule has 0 unspecified atom stereocenters. The molecule has 0 amide bonds. The molecule has 4 nitrogen and oxygen atoms in total. The molecule has 0 fully saturated rings. The van der Waals surface area contributed by atoms with Gasteiger partial charge in [-0.25, -0.2) is 4.98 Å². The Morgan fingerprint density at radius 2 is 1.50 bits per heavy atom. The second kappa shape index (κ2) is 7.67. The highest BCUT2D eigenvalue weighted by molar-refractivity contribution is 6.34. The summed E-state index contributed by atoms with van der Waals surface area (Å²) in [6, 6.07) is -0.751. The molecule has 166 valence electrons. The number of anilines is 2. The van der Waals surface area contributed by atoms with E-state index < -0.39 is 63.6 Å².